The van der Waals surface area contributed by atoms with Gasteiger partial charge in [0.15, 0.2) is 0 Å². The second-order valence-electron chi connectivity index (χ2n) is 4.88. The summed E-state index contributed by atoms with van der Waals surface area (Å²) in [6, 6.07) is 13.9. The zero-order valence-electron chi connectivity index (χ0n) is 10.9. The lowest BCUT2D eigenvalue weighted by molar-refractivity contribution is -0.125. The number of hydrogen-bond donors (Lipinski definition) is 1. The lowest BCUT2D eigenvalue weighted by Gasteiger charge is -2.24. The van der Waals surface area contributed by atoms with E-state index in [1.54, 1.807) is 11.3 Å². The maximum Gasteiger partial charge on any atom is 0.230 e. The van der Waals surface area contributed by atoms with Crippen molar-refractivity contribution in [2.24, 2.45) is 0 Å². The molecule has 2 nitrogen and oxygen atoms in total. The van der Waals surface area contributed by atoms with E-state index in [9.17, 15) is 4.79 Å². The zero-order valence-corrected chi connectivity index (χ0v) is 13.3. The van der Waals surface area contributed by atoms with Gasteiger partial charge >= 0.3 is 0 Å². The van der Waals surface area contributed by atoms with Crippen molar-refractivity contribution < 1.29 is 4.79 Å². The Kier molecular flexibility index (Phi) is 4.42. The van der Waals surface area contributed by atoms with Crippen LogP contribution in [0.3, 0.4) is 0 Å². The maximum atomic E-state index is 12.3. The van der Waals surface area contributed by atoms with Crippen molar-refractivity contribution in [1.82, 2.24) is 5.32 Å². The predicted octanol–water partition coefficient (Wildman–Crippen LogP) is 4.10. The monoisotopic (exact) mass is 337 g/mol. The van der Waals surface area contributed by atoms with Gasteiger partial charge in [0.1, 0.15) is 0 Å². The van der Waals surface area contributed by atoms with E-state index < -0.39 is 5.41 Å². The number of benzene rings is 1. The van der Waals surface area contributed by atoms with Gasteiger partial charge < -0.3 is 5.32 Å². The third-order valence-corrected chi connectivity index (χ3v) is 4.74. The van der Waals surface area contributed by atoms with E-state index >= 15 is 0 Å². The van der Waals surface area contributed by atoms with Crippen LogP contribution in [-0.2, 0) is 16.8 Å². The van der Waals surface area contributed by atoms with Gasteiger partial charge in [0.25, 0.3) is 0 Å². The van der Waals surface area contributed by atoms with Crippen LogP contribution < -0.4 is 5.32 Å². The molecule has 1 aromatic carbocycles. The first-order valence-corrected chi connectivity index (χ1v) is 7.69. The number of thiophene rings is 1. The largest absolute Gasteiger partial charge is 0.350 e. The van der Waals surface area contributed by atoms with Crippen molar-refractivity contribution in [1.29, 1.82) is 0 Å². The molecule has 1 aromatic heterocycles. The van der Waals surface area contributed by atoms with Crippen LogP contribution >= 0.6 is 27.3 Å². The van der Waals surface area contributed by atoms with Gasteiger partial charge in [-0.25, -0.2) is 0 Å². The molecule has 4 heteroatoms. The highest BCUT2D eigenvalue weighted by Gasteiger charge is 2.29. The van der Waals surface area contributed by atoms with Crippen molar-refractivity contribution in [3.8, 4) is 0 Å². The molecule has 0 unspecified atom stereocenters. The SMILES string of the molecule is CC(C)(C(=O)NCc1ccc(Br)s1)c1ccccc1. The average molecular weight is 338 g/mol. The number of carbonyl (C=O) groups is 1. The van der Waals surface area contributed by atoms with Crippen molar-refractivity contribution in [2.75, 3.05) is 0 Å². The molecule has 0 fully saturated rings. The third kappa shape index (κ3) is 3.45. The summed E-state index contributed by atoms with van der Waals surface area (Å²) in [7, 11) is 0. The molecule has 2 aromatic rings. The summed E-state index contributed by atoms with van der Waals surface area (Å²) in [5.41, 5.74) is 0.510. The highest BCUT2D eigenvalue weighted by Crippen LogP contribution is 2.24. The first-order chi connectivity index (χ1) is 9.00. The van der Waals surface area contributed by atoms with Crippen LogP contribution in [-0.4, -0.2) is 5.91 Å². The Morgan fingerprint density at radius 2 is 1.89 bits per heavy atom. The van der Waals surface area contributed by atoms with E-state index in [0.717, 1.165) is 14.2 Å². The fourth-order valence-electron chi connectivity index (χ4n) is 1.82. The Bertz CT molecular complexity index is 563. The van der Waals surface area contributed by atoms with Crippen LogP contribution in [0.25, 0.3) is 0 Å². The van der Waals surface area contributed by atoms with Gasteiger partial charge in [-0.1, -0.05) is 30.3 Å². The molecule has 0 aliphatic heterocycles. The fourth-order valence-corrected chi connectivity index (χ4v) is 3.24. The van der Waals surface area contributed by atoms with Gasteiger partial charge in [0.2, 0.25) is 5.91 Å². The normalized spacial score (nSPS) is 11.3. The minimum absolute atomic E-state index is 0.0447. The Balaban J connectivity index is 2.03. The molecule has 0 saturated heterocycles. The summed E-state index contributed by atoms with van der Waals surface area (Å²) >= 11 is 5.06. The van der Waals surface area contributed by atoms with E-state index in [-0.39, 0.29) is 5.91 Å². The quantitative estimate of drug-likeness (QED) is 0.893. The van der Waals surface area contributed by atoms with Crippen molar-refractivity contribution in [3.05, 3.63) is 56.7 Å². The number of carbonyl (C=O) groups excluding carboxylic acids is 1. The number of nitrogens with one attached hydrogen (secondary N) is 1. The lowest BCUT2D eigenvalue weighted by Crippen LogP contribution is -2.39. The molecule has 1 heterocycles. The Morgan fingerprint density at radius 1 is 1.21 bits per heavy atom. The predicted molar refractivity (Wildman–Crippen MR) is 83.3 cm³/mol. The van der Waals surface area contributed by atoms with Crippen LogP contribution in [0.5, 0.6) is 0 Å². The third-order valence-electron chi connectivity index (χ3n) is 3.12. The van der Waals surface area contributed by atoms with Crippen molar-refractivity contribution in [2.45, 2.75) is 25.8 Å². The topological polar surface area (TPSA) is 29.1 Å². The molecule has 2 rings (SSSR count). The second-order valence-corrected chi connectivity index (χ2v) is 7.43. The molecular formula is C15H16BrNOS. The molecule has 100 valence electrons. The zero-order chi connectivity index (χ0) is 13.9. The molecule has 0 spiro atoms. The van der Waals surface area contributed by atoms with E-state index in [0.29, 0.717) is 6.54 Å². The molecule has 19 heavy (non-hydrogen) atoms. The molecule has 1 N–H and O–H groups in total. The van der Waals surface area contributed by atoms with Crippen LogP contribution in [0, 0.1) is 0 Å². The molecule has 0 saturated carbocycles. The lowest BCUT2D eigenvalue weighted by atomic mass is 9.84. The van der Waals surface area contributed by atoms with Crippen molar-refractivity contribution >= 4 is 33.2 Å². The van der Waals surface area contributed by atoms with Crippen LogP contribution in [0.2, 0.25) is 0 Å². The van der Waals surface area contributed by atoms with E-state index in [2.05, 4.69) is 21.2 Å². The van der Waals surface area contributed by atoms with Gasteiger partial charge in [-0.3, -0.25) is 4.79 Å². The summed E-state index contributed by atoms with van der Waals surface area (Å²) in [5.74, 6) is 0.0447. The number of halogens is 1. The first-order valence-electron chi connectivity index (χ1n) is 6.08. The van der Waals surface area contributed by atoms with Crippen LogP contribution in [0.4, 0.5) is 0 Å². The number of rotatable bonds is 4. The molecule has 0 aliphatic rings. The average Bonchev–Trinajstić information content (AvgIpc) is 2.82. The highest BCUT2D eigenvalue weighted by molar-refractivity contribution is 9.11. The van der Waals surface area contributed by atoms with Crippen LogP contribution in [0.15, 0.2) is 46.3 Å². The minimum Gasteiger partial charge on any atom is -0.350 e. The van der Waals surface area contributed by atoms with E-state index in [1.165, 1.54) is 0 Å². The van der Waals surface area contributed by atoms with Crippen molar-refractivity contribution in [3.63, 3.8) is 0 Å². The van der Waals surface area contributed by atoms with Gasteiger partial charge in [0.05, 0.1) is 15.7 Å². The molecule has 0 atom stereocenters. The highest BCUT2D eigenvalue weighted by atomic mass is 79.9. The van der Waals surface area contributed by atoms with E-state index in [4.69, 9.17) is 0 Å². The molecule has 0 bridgehead atoms. The molecule has 1 amide bonds. The first kappa shape index (κ1) is 14.3. The second kappa shape index (κ2) is 5.88. The summed E-state index contributed by atoms with van der Waals surface area (Å²) in [4.78, 5) is 13.5. The fraction of sp³-hybridized carbons (Fsp3) is 0.267. The minimum atomic E-state index is -0.518. The standard InChI is InChI=1S/C15H16BrNOS/c1-15(2,11-6-4-3-5-7-11)14(18)17-10-12-8-9-13(16)19-12/h3-9H,10H2,1-2H3,(H,17,18). The number of hydrogen-bond acceptors (Lipinski definition) is 2. The van der Waals surface area contributed by atoms with Gasteiger partial charge in [-0.2, -0.15) is 0 Å². The smallest absolute Gasteiger partial charge is 0.230 e. The van der Waals surface area contributed by atoms with Gasteiger partial charge in [-0.05, 0) is 47.5 Å². The Labute approximate surface area is 126 Å². The molecule has 0 radical (unpaired) electrons. The molecule has 0 aliphatic carbocycles. The molecular weight excluding hydrogens is 322 g/mol. The summed E-state index contributed by atoms with van der Waals surface area (Å²) < 4.78 is 1.08. The Morgan fingerprint density at radius 3 is 2.47 bits per heavy atom. The number of amides is 1. The summed E-state index contributed by atoms with van der Waals surface area (Å²) in [5, 5.41) is 3.00. The Hall–Kier alpha value is -1.13. The maximum absolute atomic E-state index is 12.3. The van der Waals surface area contributed by atoms with Gasteiger partial charge in [-0.15, -0.1) is 11.3 Å². The van der Waals surface area contributed by atoms with E-state index in [1.807, 2.05) is 56.3 Å². The van der Waals surface area contributed by atoms with Gasteiger partial charge in [0, 0.05) is 4.88 Å². The van der Waals surface area contributed by atoms with Crippen LogP contribution in [0.1, 0.15) is 24.3 Å². The summed E-state index contributed by atoms with van der Waals surface area (Å²) in [6.45, 7) is 4.47. The summed E-state index contributed by atoms with van der Waals surface area (Å²) in [6.07, 6.45) is 0.